The Kier molecular flexibility index (Phi) is 5.15. The van der Waals surface area contributed by atoms with Crippen LogP contribution in [0.15, 0.2) is 42.0 Å². The van der Waals surface area contributed by atoms with Gasteiger partial charge in [-0.1, -0.05) is 30.3 Å². The fourth-order valence-corrected chi connectivity index (χ4v) is 4.74. The molecule has 1 aromatic carbocycles. The molecular weight excluding hydrogens is 342 g/mol. The molecule has 3 heterocycles. The van der Waals surface area contributed by atoms with Crippen LogP contribution in [0.5, 0.6) is 0 Å². The van der Waals surface area contributed by atoms with E-state index in [1.807, 2.05) is 6.07 Å². The van der Waals surface area contributed by atoms with Crippen molar-refractivity contribution in [1.82, 2.24) is 9.97 Å². The van der Waals surface area contributed by atoms with Crippen LogP contribution < -0.4 is 16.4 Å². The molecule has 1 aliphatic heterocycles. The minimum Gasteiger partial charge on any atom is -0.356 e. The third-order valence-electron chi connectivity index (χ3n) is 5.29. The maximum absolute atomic E-state index is 6.04. The molecule has 4 rings (SSSR count). The summed E-state index contributed by atoms with van der Waals surface area (Å²) in [4.78, 5) is 12.6. The predicted molar refractivity (Wildman–Crippen MR) is 109 cm³/mol. The first-order valence-electron chi connectivity index (χ1n) is 9.24. The Morgan fingerprint density at radius 1 is 1.15 bits per heavy atom. The van der Waals surface area contributed by atoms with Gasteiger partial charge in [0.15, 0.2) is 0 Å². The van der Waals surface area contributed by atoms with Crippen LogP contribution >= 0.6 is 11.3 Å². The van der Waals surface area contributed by atoms with Crippen LogP contribution in [0.1, 0.15) is 19.3 Å². The van der Waals surface area contributed by atoms with Crippen LogP contribution in [0.4, 0.5) is 5.82 Å². The fourth-order valence-electron chi connectivity index (χ4n) is 3.83. The van der Waals surface area contributed by atoms with Crippen molar-refractivity contribution in [3.63, 3.8) is 0 Å². The number of thiophene rings is 1. The van der Waals surface area contributed by atoms with Crippen molar-refractivity contribution < 1.29 is 0 Å². The molecule has 2 aromatic heterocycles. The maximum atomic E-state index is 6.04. The van der Waals surface area contributed by atoms with E-state index < -0.39 is 0 Å². The van der Waals surface area contributed by atoms with Crippen LogP contribution in [-0.4, -0.2) is 35.6 Å². The fraction of sp³-hybridized carbons (Fsp3) is 0.400. The molecule has 0 saturated carbocycles. The highest BCUT2D eigenvalue weighted by Crippen LogP contribution is 2.38. The van der Waals surface area contributed by atoms with E-state index >= 15 is 0 Å². The summed E-state index contributed by atoms with van der Waals surface area (Å²) in [6.45, 7) is 2.60. The van der Waals surface area contributed by atoms with Crippen molar-refractivity contribution in [1.29, 1.82) is 0 Å². The molecule has 0 spiro atoms. The van der Waals surface area contributed by atoms with E-state index in [1.165, 1.54) is 16.5 Å². The van der Waals surface area contributed by atoms with Crippen molar-refractivity contribution in [2.24, 2.45) is 17.4 Å². The summed E-state index contributed by atoms with van der Waals surface area (Å²) in [5.41, 5.74) is 14.2. The molecule has 1 saturated heterocycles. The maximum Gasteiger partial charge on any atom is 0.141 e. The summed E-state index contributed by atoms with van der Waals surface area (Å²) in [5.74, 6) is 1.73. The van der Waals surface area contributed by atoms with Gasteiger partial charge < -0.3 is 16.4 Å². The van der Waals surface area contributed by atoms with E-state index in [9.17, 15) is 0 Å². The molecule has 1 fully saturated rings. The van der Waals surface area contributed by atoms with Crippen molar-refractivity contribution in [3.8, 4) is 11.1 Å². The first-order chi connectivity index (χ1) is 12.8. The standard InChI is InChI=1S/C20H25N5S/c21-11-16(22)10-14-6-8-25(9-7-14)19-18-17(15-4-2-1-3-5-15)12-26-20(18)24-13-23-19/h1-5,12-14,16H,6-11,21-22H2. The van der Waals surface area contributed by atoms with Gasteiger partial charge in [-0.05, 0) is 30.7 Å². The number of anilines is 1. The SMILES string of the molecule is NCC(N)CC1CCN(c2ncnc3scc(-c4ccccc4)c23)CC1. The molecule has 0 radical (unpaired) electrons. The molecule has 1 unspecified atom stereocenters. The first-order valence-corrected chi connectivity index (χ1v) is 10.1. The van der Waals surface area contributed by atoms with Gasteiger partial charge in [0.05, 0.1) is 5.39 Å². The summed E-state index contributed by atoms with van der Waals surface area (Å²) in [6.07, 6.45) is 5.00. The van der Waals surface area contributed by atoms with Gasteiger partial charge in [0.1, 0.15) is 17.0 Å². The molecule has 4 N–H and O–H groups in total. The predicted octanol–water partition coefficient (Wildman–Crippen LogP) is 3.25. The van der Waals surface area contributed by atoms with Crippen molar-refractivity contribution in [2.75, 3.05) is 24.5 Å². The van der Waals surface area contributed by atoms with Gasteiger partial charge in [0.25, 0.3) is 0 Å². The number of rotatable bonds is 5. The lowest BCUT2D eigenvalue weighted by Gasteiger charge is -2.34. The molecule has 136 valence electrons. The average Bonchev–Trinajstić information content (AvgIpc) is 3.13. The van der Waals surface area contributed by atoms with Gasteiger partial charge in [-0.25, -0.2) is 9.97 Å². The topological polar surface area (TPSA) is 81.1 Å². The van der Waals surface area contributed by atoms with Crippen molar-refractivity contribution in [2.45, 2.75) is 25.3 Å². The lowest BCUT2D eigenvalue weighted by atomic mass is 9.90. The van der Waals surface area contributed by atoms with E-state index in [0.29, 0.717) is 12.5 Å². The van der Waals surface area contributed by atoms with Crippen molar-refractivity contribution >= 4 is 27.4 Å². The number of nitrogens with two attached hydrogens (primary N) is 2. The molecule has 26 heavy (non-hydrogen) atoms. The molecule has 0 aliphatic carbocycles. The molecule has 1 atom stereocenters. The number of hydrogen-bond acceptors (Lipinski definition) is 6. The zero-order valence-electron chi connectivity index (χ0n) is 14.8. The highest BCUT2D eigenvalue weighted by Gasteiger charge is 2.24. The molecule has 3 aromatic rings. The first kappa shape index (κ1) is 17.4. The smallest absolute Gasteiger partial charge is 0.141 e. The van der Waals surface area contributed by atoms with E-state index in [4.69, 9.17) is 11.5 Å². The third-order valence-corrected chi connectivity index (χ3v) is 6.17. The second kappa shape index (κ2) is 7.70. The Bertz CT molecular complexity index is 855. The number of fused-ring (bicyclic) bond motifs is 1. The van der Waals surface area contributed by atoms with E-state index in [2.05, 4.69) is 44.5 Å². The average molecular weight is 368 g/mol. The van der Waals surface area contributed by atoms with Crippen LogP contribution in [0.25, 0.3) is 21.3 Å². The summed E-state index contributed by atoms with van der Waals surface area (Å²) in [5, 5.41) is 3.38. The lowest BCUT2D eigenvalue weighted by molar-refractivity contribution is 0.354. The van der Waals surface area contributed by atoms with E-state index in [1.54, 1.807) is 17.7 Å². The summed E-state index contributed by atoms with van der Waals surface area (Å²) >= 11 is 1.69. The quantitative estimate of drug-likeness (QED) is 0.723. The summed E-state index contributed by atoms with van der Waals surface area (Å²) in [6, 6.07) is 10.6. The van der Waals surface area contributed by atoms with Gasteiger partial charge in [-0.15, -0.1) is 11.3 Å². The Morgan fingerprint density at radius 3 is 2.65 bits per heavy atom. The largest absolute Gasteiger partial charge is 0.356 e. The van der Waals surface area contributed by atoms with Crippen LogP contribution in [0.2, 0.25) is 0 Å². The monoisotopic (exact) mass is 367 g/mol. The summed E-state index contributed by atoms with van der Waals surface area (Å²) in [7, 11) is 0. The highest BCUT2D eigenvalue weighted by atomic mass is 32.1. The molecule has 1 aliphatic rings. The van der Waals surface area contributed by atoms with Gasteiger partial charge >= 0.3 is 0 Å². The Hall–Kier alpha value is -2.02. The number of nitrogens with zero attached hydrogens (tertiary/aromatic N) is 3. The number of hydrogen-bond donors (Lipinski definition) is 2. The Balaban J connectivity index is 1.61. The molecule has 0 bridgehead atoms. The minimum atomic E-state index is 0.124. The van der Waals surface area contributed by atoms with Crippen LogP contribution in [-0.2, 0) is 0 Å². The highest BCUT2D eigenvalue weighted by molar-refractivity contribution is 7.17. The summed E-state index contributed by atoms with van der Waals surface area (Å²) < 4.78 is 0. The van der Waals surface area contributed by atoms with E-state index in [0.717, 1.165) is 43.0 Å². The normalized spacial score (nSPS) is 16.9. The third kappa shape index (κ3) is 3.45. The van der Waals surface area contributed by atoms with Gasteiger partial charge in [0.2, 0.25) is 0 Å². The zero-order chi connectivity index (χ0) is 17.9. The van der Waals surface area contributed by atoms with Gasteiger partial charge in [-0.2, -0.15) is 0 Å². The number of piperidine rings is 1. The number of aromatic nitrogens is 2. The minimum absolute atomic E-state index is 0.124. The molecular formula is C20H25N5S. The number of benzene rings is 1. The Labute approximate surface area is 158 Å². The molecule has 0 amide bonds. The van der Waals surface area contributed by atoms with Crippen molar-refractivity contribution in [3.05, 3.63) is 42.0 Å². The van der Waals surface area contributed by atoms with E-state index in [-0.39, 0.29) is 6.04 Å². The zero-order valence-corrected chi connectivity index (χ0v) is 15.7. The van der Waals surface area contributed by atoms with Gasteiger partial charge in [-0.3, -0.25) is 0 Å². The molecule has 5 nitrogen and oxygen atoms in total. The lowest BCUT2D eigenvalue weighted by Crippen LogP contribution is -2.38. The Morgan fingerprint density at radius 2 is 1.92 bits per heavy atom. The second-order valence-corrected chi connectivity index (χ2v) is 7.91. The van der Waals surface area contributed by atoms with Gasteiger partial charge in [0, 0.05) is 36.6 Å². The second-order valence-electron chi connectivity index (χ2n) is 7.05. The van der Waals surface area contributed by atoms with Crippen LogP contribution in [0.3, 0.4) is 0 Å². The molecule has 6 heteroatoms. The van der Waals surface area contributed by atoms with Crippen LogP contribution in [0, 0.1) is 5.92 Å².